The minimum Gasteiger partial charge on any atom is -0.357 e. The predicted octanol–water partition coefficient (Wildman–Crippen LogP) is 1.84. The first-order valence-corrected chi connectivity index (χ1v) is 7.81. The topological polar surface area (TPSA) is 58.4 Å². The Morgan fingerprint density at radius 1 is 1.29 bits per heavy atom. The molecule has 1 rings (SSSR count). The number of aromatic nitrogens is 1. The van der Waals surface area contributed by atoms with Gasteiger partial charge < -0.3 is 15.2 Å². The number of guanidine groups is 1. The minimum absolute atomic E-state index is 0.0669. The van der Waals surface area contributed by atoms with Gasteiger partial charge in [0.05, 0.1) is 0 Å². The van der Waals surface area contributed by atoms with E-state index in [9.17, 15) is 4.79 Å². The summed E-state index contributed by atoms with van der Waals surface area (Å²) < 4.78 is 1.75. The fraction of sp³-hybridized carbons (Fsp3) is 0.625. The van der Waals surface area contributed by atoms with E-state index in [1.807, 2.05) is 12.3 Å². The van der Waals surface area contributed by atoms with E-state index in [0.717, 1.165) is 45.0 Å². The lowest BCUT2D eigenvalue weighted by molar-refractivity contribution is 0.584. The third-order valence-electron chi connectivity index (χ3n) is 2.98. The highest BCUT2D eigenvalue weighted by Gasteiger charge is 1.98. The molecular weight excluding hydrogens is 264 g/mol. The van der Waals surface area contributed by atoms with E-state index in [1.54, 1.807) is 16.7 Å². The lowest BCUT2D eigenvalue weighted by atomic mass is 10.2. The highest BCUT2D eigenvalue weighted by Crippen LogP contribution is 1.93. The molecule has 0 spiro atoms. The number of unbranched alkanes of at least 4 members (excludes halogenated alkanes) is 1. The molecule has 0 unspecified atom stereocenters. The Balaban J connectivity index is 2.26. The molecule has 0 saturated carbocycles. The first-order valence-electron chi connectivity index (χ1n) is 7.81. The standard InChI is InChI=1S/C16H28N4O/c1-4-17-16(19-13-14(2)3)18-10-6-8-12-20-11-7-5-9-15(20)21/h5,7,9,11,14H,4,6,8,10,12-13H2,1-3H3,(H2,17,18,19). The van der Waals surface area contributed by atoms with Crippen LogP contribution < -0.4 is 16.2 Å². The van der Waals surface area contributed by atoms with Crippen molar-refractivity contribution in [1.82, 2.24) is 15.2 Å². The summed E-state index contributed by atoms with van der Waals surface area (Å²) in [5.41, 5.74) is 0.0669. The fourth-order valence-electron chi connectivity index (χ4n) is 1.87. The SMILES string of the molecule is CCNC(=NCC(C)C)NCCCCn1ccccc1=O. The van der Waals surface area contributed by atoms with Crippen LogP contribution in [0.4, 0.5) is 0 Å². The molecule has 0 bridgehead atoms. The van der Waals surface area contributed by atoms with Gasteiger partial charge >= 0.3 is 0 Å². The molecule has 2 N–H and O–H groups in total. The van der Waals surface area contributed by atoms with E-state index in [4.69, 9.17) is 0 Å². The third-order valence-corrected chi connectivity index (χ3v) is 2.98. The zero-order valence-corrected chi connectivity index (χ0v) is 13.4. The highest BCUT2D eigenvalue weighted by molar-refractivity contribution is 5.79. The maximum Gasteiger partial charge on any atom is 0.250 e. The minimum atomic E-state index is 0.0669. The monoisotopic (exact) mass is 292 g/mol. The molecule has 21 heavy (non-hydrogen) atoms. The molecule has 0 amide bonds. The van der Waals surface area contributed by atoms with Gasteiger partial charge in [-0.1, -0.05) is 19.9 Å². The smallest absolute Gasteiger partial charge is 0.250 e. The van der Waals surface area contributed by atoms with Crippen LogP contribution in [0.25, 0.3) is 0 Å². The number of aliphatic imine (C=N–C) groups is 1. The van der Waals surface area contributed by atoms with E-state index in [2.05, 4.69) is 36.4 Å². The number of nitrogens with zero attached hydrogens (tertiary/aromatic N) is 2. The van der Waals surface area contributed by atoms with Crippen LogP contribution in [0.15, 0.2) is 34.2 Å². The van der Waals surface area contributed by atoms with Gasteiger partial charge in [-0.2, -0.15) is 0 Å². The molecule has 0 aliphatic rings. The molecular formula is C16H28N4O. The molecule has 0 aromatic carbocycles. The summed E-state index contributed by atoms with van der Waals surface area (Å²) in [4.78, 5) is 16.1. The Kier molecular flexibility index (Phi) is 8.24. The molecule has 1 heterocycles. The van der Waals surface area contributed by atoms with Gasteiger partial charge in [0.1, 0.15) is 0 Å². The lowest BCUT2D eigenvalue weighted by Gasteiger charge is -2.12. The quantitative estimate of drug-likeness (QED) is 0.437. The predicted molar refractivity (Wildman–Crippen MR) is 88.8 cm³/mol. The Hall–Kier alpha value is -1.78. The van der Waals surface area contributed by atoms with Crippen molar-refractivity contribution in [1.29, 1.82) is 0 Å². The second-order valence-electron chi connectivity index (χ2n) is 5.48. The normalized spacial score (nSPS) is 11.7. The van der Waals surface area contributed by atoms with E-state index in [0.29, 0.717) is 5.92 Å². The average Bonchev–Trinajstić information content (AvgIpc) is 2.46. The molecule has 0 atom stereocenters. The zero-order valence-electron chi connectivity index (χ0n) is 13.4. The lowest BCUT2D eigenvalue weighted by Crippen LogP contribution is -2.38. The number of rotatable bonds is 8. The van der Waals surface area contributed by atoms with Crippen LogP contribution in [0.5, 0.6) is 0 Å². The zero-order chi connectivity index (χ0) is 15.5. The van der Waals surface area contributed by atoms with Crippen LogP contribution in [0.2, 0.25) is 0 Å². The Morgan fingerprint density at radius 3 is 2.76 bits per heavy atom. The maximum absolute atomic E-state index is 11.5. The van der Waals surface area contributed by atoms with Crippen molar-refractivity contribution < 1.29 is 0 Å². The van der Waals surface area contributed by atoms with Gasteiger partial charge in [0.15, 0.2) is 5.96 Å². The van der Waals surface area contributed by atoms with Crippen molar-refractivity contribution in [3.05, 3.63) is 34.7 Å². The summed E-state index contributed by atoms with van der Waals surface area (Å²) >= 11 is 0. The molecule has 118 valence electrons. The Morgan fingerprint density at radius 2 is 2.10 bits per heavy atom. The van der Waals surface area contributed by atoms with Crippen LogP contribution in [-0.4, -0.2) is 30.2 Å². The van der Waals surface area contributed by atoms with Crippen molar-refractivity contribution >= 4 is 5.96 Å². The molecule has 5 heteroatoms. The fourth-order valence-corrected chi connectivity index (χ4v) is 1.87. The van der Waals surface area contributed by atoms with Crippen LogP contribution in [0.3, 0.4) is 0 Å². The number of nitrogens with one attached hydrogen (secondary N) is 2. The molecule has 0 fully saturated rings. The van der Waals surface area contributed by atoms with Crippen molar-refractivity contribution in [2.45, 2.75) is 40.2 Å². The molecule has 1 aromatic heterocycles. The average molecular weight is 292 g/mol. The largest absolute Gasteiger partial charge is 0.357 e. The second-order valence-corrected chi connectivity index (χ2v) is 5.48. The van der Waals surface area contributed by atoms with E-state index in [-0.39, 0.29) is 5.56 Å². The van der Waals surface area contributed by atoms with Gasteiger partial charge in [0, 0.05) is 38.4 Å². The summed E-state index contributed by atoms with van der Waals surface area (Å²) in [6.45, 7) is 9.70. The van der Waals surface area contributed by atoms with Gasteiger partial charge in [0.25, 0.3) is 0 Å². The summed E-state index contributed by atoms with van der Waals surface area (Å²) in [6, 6.07) is 5.26. The number of hydrogen-bond donors (Lipinski definition) is 2. The number of aryl methyl sites for hydroxylation is 1. The Bertz CT molecular complexity index is 479. The van der Waals surface area contributed by atoms with Gasteiger partial charge in [-0.15, -0.1) is 0 Å². The molecule has 0 aliphatic heterocycles. The highest BCUT2D eigenvalue weighted by atomic mass is 16.1. The van der Waals surface area contributed by atoms with Crippen LogP contribution in [-0.2, 0) is 6.54 Å². The van der Waals surface area contributed by atoms with Crippen LogP contribution in [0.1, 0.15) is 33.6 Å². The maximum atomic E-state index is 11.5. The van der Waals surface area contributed by atoms with Crippen molar-refractivity contribution in [2.75, 3.05) is 19.6 Å². The van der Waals surface area contributed by atoms with E-state index in [1.165, 1.54) is 0 Å². The van der Waals surface area contributed by atoms with Gasteiger partial charge in [-0.05, 0) is 31.7 Å². The Labute approximate surface area is 127 Å². The molecule has 0 saturated heterocycles. The summed E-state index contributed by atoms with van der Waals surface area (Å²) in [7, 11) is 0. The van der Waals surface area contributed by atoms with E-state index < -0.39 is 0 Å². The van der Waals surface area contributed by atoms with Crippen LogP contribution in [0, 0.1) is 5.92 Å². The van der Waals surface area contributed by atoms with Gasteiger partial charge in [-0.25, -0.2) is 0 Å². The summed E-state index contributed by atoms with van der Waals surface area (Å²) in [5, 5.41) is 6.57. The molecule has 5 nitrogen and oxygen atoms in total. The van der Waals surface area contributed by atoms with Crippen molar-refractivity contribution in [2.24, 2.45) is 10.9 Å². The van der Waals surface area contributed by atoms with Gasteiger partial charge in [0.2, 0.25) is 5.56 Å². The van der Waals surface area contributed by atoms with Crippen molar-refractivity contribution in [3.8, 4) is 0 Å². The van der Waals surface area contributed by atoms with Crippen molar-refractivity contribution in [3.63, 3.8) is 0 Å². The molecule has 1 aromatic rings. The second kappa shape index (κ2) is 10.0. The number of pyridine rings is 1. The number of hydrogen-bond acceptors (Lipinski definition) is 2. The molecule has 0 radical (unpaired) electrons. The molecule has 0 aliphatic carbocycles. The first-order chi connectivity index (χ1) is 10.1. The summed E-state index contributed by atoms with van der Waals surface area (Å²) in [5.74, 6) is 1.44. The van der Waals surface area contributed by atoms with Gasteiger partial charge in [-0.3, -0.25) is 9.79 Å². The third kappa shape index (κ3) is 7.54. The van der Waals surface area contributed by atoms with E-state index >= 15 is 0 Å². The first kappa shape index (κ1) is 17.3. The van der Waals surface area contributed by atoms with Crippen LogP contribution >= 0.6 is 0 Å². The summed E-state index contributed by atoms with van der Waals surface area (Å²) in [6.07, 6.45) is 3.82.